The molecule has 0 fully saturated rings. The summed E-state index contributed by atoms with van der Waals surface area (Å²) in [7, 11) is 0. The molecule has 1 aromatic heterocycles. The highest BCUT2D eigenvalue weighted by atomic mass is 16.5. The van der Waals surface area contributed by atoms with E-state index < -0.39 is 0 Å². The van der Waals surface area contributed by atoms with Crippen molar-refractivity contribution in [3.63, 3.8) is 0 Å². The van der Waals surface area contributed by atoms with E-state index in [1.54, 1.807) is 6.92 Å². The Labute approximate surface area is 106 Å². The molecular formula is C12H19N3O3. The first-order valence-electron chi connectivity index (χ1n) is 6.11. The Kier molecular flexibility index (Phi) is 5.35. The van der Waals surface area contributed by atoms with E-state index in [9.17, 15) is 9.59 Å². The van der Waals surface area contributed by atoms with Crippen LogP contribution in [0.25, 0.3) is 0 Å². The van der Waals surface area contributed by atoms with Crippen molar-refractivity contribution < 1.29 is 9.53 Å². The van der Waals surface area contributed by atoms with Crippen molar-refractivity contribution >= 4 is 11.9 Å². The van der Waals surface area contributed by atoms with Crippen LogP contribution in [-0.2, 0) is 16.0 Å². The molecule has 0 atom stereocenters. The Morgan fingerprint density at radius 3 is 2.61 bits per heavy atom. The van der Waals surface area contributed by atoms with Crippen molar-refractivity contribution in [2.24, 2.45) is 0 Å². The highest BCUT2D eigenvalue weighted by Gasteiger charge is 2.10. The van der Waals surface area contributed by atoms with E-state index in [1.165, 1.54) is 6.07 Å². The van der Waals surface area contributed by atoms with Gasteiger partial charge in [0, 0.05) is 19.2 Å². The van der Waals surface area contributed by atoms with Gasteiger partial charge in [0.1, 0.15) is 0 Å². The Bertz CT molecular complexity index is 452. The van der Waals surface area contributed by atoms with Gasteiger partial charge in [-0.3, -0.25) is 14.6 Å². The lowest BCUT2D eigenvalue weighted by Gasteiger charge is -2.19. The molecule has 0 spiro atoms. The van der Waals surface area contributed by atoms with E-state index in [4.69, 9.17) is 4.74 Å². The first kappa shape index (κ1) is 14.2. The van der Waals surface area contributed by atoms with Crippen LogP contribution in [0.1, 0.15) is 26.5 Å². The molecule has 0 unspecified atom stereocenters. The van der Waals surface area contributed by atoms with Gasteiger partial charge in [-0.25, -0.2) is 4.98 Å². The molecule has 0 aliphatic carbocycles. The van der Waals surface area contributed by atoms with Gasteiger partial charge in [-0.2, -0.15) is 0 Å². The Hall–Kier alpha value is -1.85. The van der Waals surface area contributed by atoms with Crippen molar-refractivity contribution in [3.05, 3.63) is 22.1 Å². The number of aromatic amines is 1. The molecule has 1 rings (SSSR count). The van der Waals surface area contributed by atoms with Crippen LogP contribution < -0.4 is 10.5 Å². The summed E-state index contributed by atoms with van der Waals surface area (Å²) in [5.41, 5.74) is 0.172. The van der Waals surface area contributed by atoms with Crippen molar-refractivity contribution in [2.45, 2.75) is 27.2 Å². The molecule has 0 aliphatic rings. The molecule has 18 heavy (non-hydrogen) atoms. The van der Waals surface area contributed by atoms with Gasteiger partial charge in [0.2, 0.25) is 5.95 Å². The van der Waals surface area contributed by atoms with Crippen LogP contribution in [0.5, 0.6) is 0 Å². The summed E-state index contributed by atoms with van der Waals surface area (Å²) < 4.78 is 4.83. The van der Waals surface area contributed by atoms with Gasteiger partial charge < -0.3 is 9.64 Å². The predicted molar refractivity (Wildman–Crippen MR) is 68.8 cm³/mol. The molecule has 0 bridgehead atoms. The molecule has 1 N–H and O–H groups in total. The van der Waals surface area contributed by atoms with Gasteiger partial charge in [0.15, 0.2) is 0 Å². The van der Waals surface area contributed by atoms with Crippen LogP contribution in [0.3, 0.4) is 0 Å². The zero-order chi connectivity index (χ0) is 13.5. The number of H-pyrrole nitrogens is 1. The fraction of sp³-hybridized carbons (Fsp3) is 0.583. The first-order chi connectivity index (χ1) is 8.60. The second kappa shape index (κ2) is 6.78. The summed E-state index contributed by atoms with van der Waals surface area (Å²) in [4.78, 5) is 31.7. The standard InChI is InChI=1S/C12H19N3O3/c1-4-15(5-2)12-13-9(7-10(16)14-12)8-11(17)18-6-3/h7H,4-6,8H2,1-3H3,(H,13,14,16). The van der Waals surface area contributed by atoms with Crippen LogP contribution in [0.15, 0.2) is 10.9 Å². The molecule has 6 heteroatoms. The third kappa shape index (κ3) is 3.87. The van der Waals surface area contributed by atoms with Gasteiger partial charge in [0.05, 0.1) is 18.7 Å². The fourth-order valence-electron chi connectivity index (χ4n) is 1.62. The molecular weight excluding hydrogens is 234 g/mol. The molecule has 1 aromatic rings. The van der Waals surface area contributed by atoms with Crippen LogP contribution in [0.2, 0.25) is 0 Å². The van der Waals surface area contributed by atoms with E-state index in [-0.39, 0.29) is 17.9 Å². The SMILES string of the molecule is CCOC(=O)Cc1cc(=O)[nH]c(N(CC)CC)n1. The highest BCUT2D eigenvalue weighted by Crippen LogP contribution is 2.05. The zero-order valence-corrected chi connectivity index (χ0v) is 11.0. The second-order valence-corrected chi connectivity index (χ2v) is 3.71. The number of carbonyl (C=O) groups is 1. The average Bonchev–Trinajstić information content (AvgIpc) is 2.30. The molecule has 0 saturated carbocycles. The number of rotatable bonds is 6. The highest BCUT2D eigenvalue weighted by molar-refractivity contribution is 5.72. The van der Waals surface area contributed by atoms with Gasteiger partial charge in [-0.1, -0.05) is 0 Å². The molecule has 100 valence electrons. The minimum atomic E-state index is -0.374. The van der Waals surface area contributed by atoms with Crippen molar-refractivity contribution in [1.82, 2.24) is 9.97 Å². The van der Waals surface area contributed by atoms with Crippen molar-refractivity contribution in [1.29, 1.82) is 0 Å². The first-order valence-corrected chi connectivity index (χ1v) is 6.11. The number of aromatic nitrogens is 2. The van der Waals surface area contributed by atoms with Gasteiger partial charge in [-0.05, 0) is 20.8 Å². The van der Waals surface area contributed by atoms with Crippen molar-refractivity contribution in [2.75, 3.05) is 24.6 Å². The molecule has 0 aromatic carbocycles. The summed E-state index contributed by atoms with van der Waals surface area (Å²) in [6.45, 7) is 7.49. The summed E-state index contributed by atoms with van der Waals surface area (Å²) >= 11 is 0. The lowest BCUT2D eigenvalue weighted by atomic mass is 10.3. The van der Waals surface area contributed by atoms with E-state index in [1.807, 2.05) is 18.7 Å². The molecule has 6 nitrogen and oxygen atoms in total. The number of anilines is 1. The summed E-state index contributed by atoms with van der Waals surface area (Å²) in [6, 6.07) is 1.32. The largest absolute Gasteiger partial charge is 0.466 e. The molecule has 0 aliphatic heterocycles. The maximum atomic E-state index is 11.5. The van der Waals surface area contributed by atoms with Gasteiger partial charge in [-0.15, -0.1) is 0 Å². The predicted octanol–water partition coefficient (Wildman–Crippen LogP) is 0.722. The van der Waals surface area contributed by atoms with Crippen LogP contribution >= 0.6 is 0 Å². The fourth-order valence-corrected chi connectivity index (χ4v) is 1.62. The van der Waals surface area contributed by atoms with Crippen molar-refractivity contribution in [3.8, 4) is 0 Å². The normalized spacial score (nSPS) is 10.2. The number of esters is 1. The Morgan fingerprint density at radius 1 is 1.39 bits per heavy atom. The van der Waals surface area contributed by atoms with Crippen LogP contribution in [0, 0.1) is 0 Å². The lowest BCUT2D eigenvalue weighted by molar-refractivity contribution is -0.142. The summed E-state index contributed by atoms with van der Waals surface area (Å²) in [6.07, 6.45) is 0.0199. The number of hydrogen-bond donors (Lipinski definition) is 1. The Morgan fingerprint density at radius 2 is 2.06 bits per heavy atom. The maximum absolute atomic E-state index is 11.5. The van der Waals surface area contributed by atoms with Gasteiger partial charge >= 0.3 is 5.97 Å². The Balaban J connectivity index is 2.93. The molecule has 1 heterocycles. The number of ether oxygens (including phenoxy) is 1. The molecule has 0 amide bonds. The molecule has 0 radical (unpaired) electrons. The number of hydrogen-bond acceptors (Lipinski definition) is 5. The maximum Gasteiger partial charge on any atom is 0.311 e. The molecule has 0 saturated heterocycles. The summed E-state index contributed by atoms with van der Waals surface area (Å²) in [5, 5.41) is 0. The van der Waals surface area contributed by atoms with E-state index >= 15 is 0 Å². The van der Waals surface area contributed by atoms with Crippen LogP contribution in [-0.4, -0.2) is 35.6 Å². The number of nitrogens with zero attached hydrogens (tertiary/aromatic N) is 2. The zero-order valence-electron chi connectivity index (χ0n) is 11.0. The minimum absolute atomic E-state index is 0.0199. The third-order valence-corrected chi connectivity index (χ3v) is 2.48. The third-order valence-electron chi connectivity index (χ3n) is 2.48. The smallest absolute Gasteiger partial charge is 0.311 e. The minimum Gasteiger partial charge on any atom is -0.466 e. The summed E-state index contributed by atoms with van der Waals surface area (Å²) in [5.74, 6) is 0.118. The van der Waals surface area contributed by atoms with E-state index in [0.29, 0.717) is 18.2 Å². The monoisotopic (exact) mass is 253 g/mol. The number of carbonyl (C=O) groups excluding carboxylic acids is 1. The quantitative estimate of drug-likeness (QED) is 0.756. The van der Waals surface area contributed by atoms with E-state index in [0.717, 1.165) is 13.1 Å². The second-order valence-electron chi connectivity index (χ2n) is 3.71. The van der Waals surface area contributed by atoms with Gasteiger partial charge in [0.25, 0.3) is 5.56 Å². The number of nitrogens with one attached hydrogen (secondary N) is 1. The topological polar surface area (TPSA) is 75.3 Å². The van der Waals surface area contributed by atoms with Crippen LogP contribution in [0.4, 0.5) is 5.95 Å². The van der Waals surface area contributed by atoms with E-state index in [2.05, 4.69) is 9.97 Å². The average molecular weight is 253 g/mol. The lowest BCUT2D eigenvalue weighted by Crippen LogP contribution is -2.27.